The van der Waals surface area contributed by atoms with E-state index in [-0.39, 0.29) is 23.2 Å². The first-order valence-electron chi connectivity index (χ1n) is 15.3. The lowest BCUT2D eigenvalue weighted by Crippen LogP contribution is -2.53. The zero-order valence-corrected chi connectivity index (χ0v) is 26.2. The van der Waals surface area contributed by atoms with E-state index in [4.69, 9.17) is 0 Å². The number of benzene rings is 4. The summed E-state index contributed by atoms with van der Waals surface area (Å²) in [7, 11) is 1.42. The lowest BCUT2D eigenvalue weighted by Gasteiger charge is -2.39. The van der Waals surface area contributed by atoms with Crippen LogP contribution in [0.4, 0.5) is 13.2 Å². The second-order valence-electron chi connectivity index (χ2n) is 11.7. The quantitative estimate of drug-likeness (QED) is 0.159. The summed E-state index contributed by atoms with van der Waals surface area (Å²) in [5, 5.41) is 14.7. The molecule has 0 aliphatic rings. The standard InChI is InChI=1S/C39H32F3N3O3/c1-25-23-32(39(40,41)42)34(36(46)45(25)2)31-21-20-26(30-19-12-22-43-35(30)31)24-33(37(47)48)44-38(27-13-6-3-7-14-27,28-15-8-4-9-16-28)29-17-10-5-11-18-29/h3-23,33,44H,24H2,1-2H3,(H,47,48). The number of aliphatic carboxylic acids is 1. The van der Waals surface area contributed by atoms with Crippen LogP contribution in [0.1, 0.15) is 33.5 Å². The van der Waals surface area contributed by atoms with Crippen LogP contribution in [0, 0.1) is 6.92 Å². The van der Waals surface area contributed by atoms with Gasteiger partial charge in [0.25, 0.3) is 5.56 Å². The monoisotopic (exact) mass is 647 g/mol. The maximum atomic E-state index is 14.3. The number of carboxylic acid groups (broad SMARTS) is 1. The first-order valence-corrected chi connectivity index (χ1v) is 15.3. The van der Waals surface area contributed by atoms with E-state index in [0.29, 0.717) is 10.9 Å². The van der Waals surface area contributed by atoms with Crippen molar-refractivity contribution in [2.24, 2.45) is 7.05 Å². The van der Waals surface area contributed by atoms with E-state index in [2.05, 4.69) is 10.3 Å². The zero-order chi connectivity index (χ0) is 34.1. The van der Waals surface area contributed by atoms with E-state index < -0.39 is 40.4 Å². The minimum atomic E-state index is -4.79. The van der Waals surface area contributed by atoms with E-state index in [9.17, 15) is 27.9 Å². The van der Waals surface area contributed by atoms with Gasteiger partial charge in [-0.1, -0.05) is 109 Å². The van der Waals surface area contributed by atoms with E-state index in [0.717, 1.165) is 22.8 Å². The van der Waals surface area contributed by atoms with Crippen molar-refractivity contribution in [1.82, 2.24) is 14.9 Å². The van der Waals surface area contributed by atoms with Gasteiger partial charge in [0.1, 0.15) is 6.04 Å². The molecule has 48 heavy (non-hydrogen) atoms. The van der Waals surface area contributed by atoms with Crippen molar-refractivity contribution >= 4 is 16.9 Å². The van der Waals surface area contributed by atoms with Gasteiger partial charge in [-0.3, -0.25) is 19.9 Å². The molecule has 0 saturated carbocycles. The highest BCUT2D eigenvalue weighted by atomic mass is 19.4. The molecule has 1 atom stereocenters. The van der Waals surface area contributed by atoms with Gasteiger partial charge in [-0.25, -0.2) is 0 Å². The third kappa shape index (κ3) is 5.89. The summed E-state index contributed by atoms with van der Waals surface area (Å²) in [6.07, 6.45) is -3.38. The summed E-state index contributed by atoms with van der Waals surface area (Å²) in [5.41, 5.74) is -0.0639. The van der Waals surface area contributed by atoms with Crippen LogP contribution in [0.15, 0.2) is 132 Å². The van der Waals surface area contributed by atoms with Crippen molar-refractivity contribution < 1.29 is 23.1 Å². The molecule has 0 fully saturated rings. The summed E-state index contributed by atoms with van der Waals surface area (Å²) >= 11 is 0. The predicted octanol–water partition coefficient (Wildman–Crippen LogP) is 7.51. The average molecular weight is 648 g/mol. The molecule has 0 aliphatic carbocycles. The fraction of sp³-hybridized carbons (Fsp3) is 0.154. The van der Waals surface area contributed by atoms with Gasteiger partial charge < -0.3 is 9.67 Å². The number of rotatable bonds is 9. The molecule has 6 aromatic rings. The predicted molar refractivity (Wildman–Crippen MR) is 180 cm³/mol. The fourth-order valence-electron chi connectivity index (χ4n) is 6.41. The Labute approximate surface area is 275 Å². The van der Waals surface area contributed by atoms with Crippen LogP contribution in [0.25, 0.3) is 22.0 Å². The second kappa shape index (κ2) is 12.9. The van der Waals surface area contributed by atoms with E-state index in [1.54, 1.807) is 18.2 Å². The molecule has 2 aromatic heterocycles. The van der Waals surface area contributed by atoms with Gasteiger partial charge in [0.15, 0.2) is 0 Å². The number of halogens is 3. The number of alkyl halides is 3. The van der Waals surface area contributed by atoms with Crippen molar-refractivity contribution in [3.05, 3.63) is 171 Å². The normalized spacial score (nSPS) is 12.6. The van der Waals surface area contributed by atoms with Crippen LogP contribution in [0.2, 0.25) is 0 Å². The molecular formula is C39H32F3N3O3. The minimum Gasteiger partial charge on any atom is -0.480 e. The van der Waals surface area contributed by atoms with E-state index in [1.165, 1.54) is 30.8 Å². The zero-order valence-electron chi connectivity index (χ0n) is 26.2. The average Bonchev–Trinajstić information content (AvgIpc) is 3.10. The maximum Gasteiger partial charge on any atom is 0.417 e. The highest BCUT2D eigenvalue weighted by Crippen LogP contribution is 2.40. The molecule has 1 unspecified atom stereocenters. The SMILES string of the molecule is Cc1cc(C(F)(F)F)c(-c2ccc(CC(NC(c3ccccc3)(c3ccccc3)c3ccccc3)C(=O)O)c3cccnc23)c(=O)n1C. The molecule has 0 spiro atoms. The van der Waals surface area contributed by atoms with Gasteiger partial charge in [-0.2, -0.15) is 13.2 Å². The number of pyridine rings is 2. The fourth-order valence-corrected chi connectivity index (χ4v) is 6.41. The molecule has 6 nitrogen and oxygen atoms in total. The van der Waals surface area contributed by atoms with Crippen molar-refractivity contribution in [2.45, 2.75) is 31.1 Å². The van der Waals surface area contributed by atoms with Crippen LogP contribution in [0.3, 0.4) is 0 Å². The van der Waals surface area contributed by atoms with Gasteiger partial charge in [0, 0.05) is 29.9 Å². The third-order valence-electron chi connectivity index (χ3n) is 8.84. The molecule has 4 aromatic carbocycles. The Morgan fingerprint density at radius 1 is 0.833 bits per heavy atom. The molecule has 0 saturated heterocycles. The second-order valence-corrected chi connectivity index (χ2v) is 11.7. The number of carboxylic acids is 1. The summed E-state index contributed by atoms with van der Waals surface area (Å²) in [5.74, 6) is -1.12. The topological polar surface area (TPSA) is 84.2 Å². The molecule has 242 valence electrons. The number of aromatic nitrogens is 2. The molecule has 0 radical (unpaired) electrons. The number of nitrogens with zero attached hydrogens (tertiary/aromatic N) is 2. The number of hydrogen-bond acceptors (Lipinski definition) is 4. The Kier molecular flexibility index (Phi) is 8.73. The number of fused-ring (bicyclic) bond motifs is 1. The van der Waals surface area contributed by atoms with Crippen molar-refractivity contribution in [3.8, 4) is 11.1 Å². The maximum absolute atomic E-state index is 14.3. The molecule has 6 rings (SSSR count). The Morgan fingerprint density at radius 3 is 1.88 bits per heavy atom. The van der Waals surface area contributed by atoms with Crippen LogP contribution >= 0.6 is 0 Å². The molecule has 2 heterocycles. The van der Waals surface area contributed by atoms with Crippen molar-refractivity contribution in [1.29, 1.82) is 0 Å². The first kappa shape index (κ1) is 32.4. The summed E-state index contributed by atoms with van der Waals surface area (Å²) in [6, 6.07) is 34.9. The number of carbonyl (C=O) groups is 1. The summed E-state index contributed by atoms with van der Waals surface area (Å²) in [6.45, 7) is 1.44. The molecule has 2 N–H and O–H groups in total. The van der Waals surface area contributed by atoms with Crippen molar-refractivity contribution in [3.63, 3.8) is 0 Å². The highest BCUT2D eigenvalue weighted by Gasteiger charge is 2.40. The number of hydrogen-bond donors (Lipinski definition) is 2. The van der Waals surface area contributed by atoms with Crippen LogP contribution in [0.5, 0.6) is 0 Å². The Hall–Kier alpha value is -5.54. The number of nitrogens with one attached hydrogen (secondary N) is 1. The smallest absolute Gasteiger partial charge is 0.417 e. The van der Waals surface area contributed by atoms with E-state index >= 15 is 0 Å². The summed E-state index contributed by atoms with van der Waals surface area (Å²) < 4.78 is 44.1. The first-order chi connectivity index (χ1) is 23.0. The van der Waals surface area contributed by atoms with Crippen LogP contribution < -0.4 is 10.9 Å². The van der Waals surface area contributed by atoms with Crippen LogP contribution in [-0.2, 0) is 30.0 Å². The lowest BCUT2D eigenvalue weighted by molar-refractivity contribution is -0.140. The molecular weight excluding hydrogens is 615 g/mol. The molecule has 9 heteroatoms. The summed E-state index contributed by atoms with van der Waals surface area (Å²) in [4.78, 5) is 30.9. The Morgan fingerprint density at radius 2 is 1.38 bits per heavy atom. The lowest BCUT2D eigenvalue weighted by atomic mass is 9.76. The Bertz CT molecular complexity index is 2050. The van der Waals surface area contributed by atoms with Gasteiger partial charge in [-0.15, -0.1) is 0 Å². The van der Waals surface area contributed by atoms with Gasteiger partial charge in [0.05, 0.1) is 22.2 Å². The number of aryl methyl sites for hydroxylation is 1. The highest BCUT2D eigenvalue weighted by molar-refractivity contribution is 5.96. The Balaban J connectivity index is 1.52. The molecule has 0 aliphatic heterocycles. The van der Waals surface area contributed by atoms with Crippen LogP contribution in [-0.4, -0.2) is 26.7 Å². The van der Waals surface area contributed by atoms with Gasteiger partial charge in [0.2, 0.25) is 0 Å². The van der Waals surface area contributed by atoms with E-state index in [1.807, 2.05) is 91.0 Å². The third-order valence-corrected chi connectivity index (χ3v) is 8.84. The van der Waals surface area contributed by atoms with Gasteiger partial charge >= 0.3 is 12.1 Å². The molecule has 0 bridgehead atoms. The van der Waals surface area contributed by atoms with Gasteiger partial charge in [-0.05, 0) is 47.7 Å². The largest absolute Gasteiger partial charge is 0.480 e. The molecule has 0 amide bonds. The van der Waals surface area contributed by atoms with Crippen molar-refractivity contribution in [2.75, 3.05) is 0 Å². The minimum absolute atomic E-state index is 0.0225.